The van der Waals surface area contributed by atoms with E-state index in [1.54, 1.807) is 7.05 Å². The number of nitrogens with one attached hydrogen (secondary N) is 2. The van der Waals surface area contributed by atoms with E-state index in [0.717, 1.165) is 12.5 Å². The van der Waals surface area contributed by atoms with E-state index in [1.165, 1.54) is 12.8 Å². The third kappa shape index (κ3) is 4.18. The van der Waals surface area contributed by atoms with Gasteiger partial charge in [0.25, 0.3) is 0 Å². The van der Waals surface area contributed by atoms with Crippen molar-refractivity contribution in [2.24, 2.45) is 4.99 Å². The zero-order valence-electron chi connectivity index (χ0n) is 7.07. The highest BCUT2D eigenvalue weighted by Gasteiger charge is 1.88. The fraction of sp³-hybridized carbons (Fsp3) is 0.857. The summed E-state index contributed by atoms with van der Waals surface area (Å²) in [6.07, 6.45) is 2.41. The highest BCUT2D eigenvalue weighted by Crippen LogP contribution is 1.81. The van der Waals surface area contributed by atoms with Crippen LogP contribution >= 0.6 is 0 Å². The highest BCUT2D eigenvalue weighted by atomic mass is 15.1. The van der Waals surface area contributed by atoms with Crippen LogP contribution < -0.4 is 10.6 Å². The lowest BCUT2D eigenvalue weighted by atomic mass is 10.3. The van der Waals surface area contributed by atoms with E-state index >= 15 is 0 Å². The molecular formula is C7H17N3. The Kier molecular flexibility index (Phi) is 5.92. The second-order valence-electron chi connectivity index (χ2n) is 2.10. The number of aliphatic imine (C=N–C) groups is 1. The van der Waals surface area contributed by atoms with Gasteiger partial charge in [-0.3, -0.25) is 4.99 Å². The Labute approximate surface area is 62.9 Å². The molecule has 10 heavy (non-hydrogen) atoms. The van der Waals surface area contributed by atoms with Gasteiger partial charge in [0.1, 0.15) is 0 Å². The highest BCUT2D eigenvalue weighted by molar-refractivity contribution is 5.79. The second-order valence-corrected chi connectivity index (χ2v) is 2.10. The lowest BCUT2D eigenvalue weighted by Gasteiger charge is -2.06. The average molecular weight is 143 g/mol. The number of nitrogens with zero attached hydrogens (tertiary/aromatic N) is 1. The van der Waals surface area contributed by atoms with E-state index in [4.69, 9.17) is 0 Å². The van der Waals surface area contributed by atoms with E-state index in [0.29, 0.717) is 0 Å². The predicted octanol–water partition coefficient (Wildman–Crippen LogP) is 0.581. The third-order valence-electron chi connectivity index (χ3n) is 1.28. The van der Waals surface area contributed by atoms with Crippen LogP contribution in [0, 0.1) is 0 Å². The lowest BCUT2D eigenvalue weighted by molar-refractivity contribution is 0.741. The molecule has 0 unspecified atom stereocenters. The lowest BCUT2D eigenvalue weighted by Crippen LogP contribution is -2.35. The summed E-state index contributed by atoms with van der Waals surface area (Å²) in [7, 11) is 3.63. The van der Waals surface area contributed by atoms with Gasteiger partial charge in [-0.15, -0.1) is 0 Å². The average Bonchev–Trinajstić information content (AvgIpc) is 1.99. The van der Waals surface area contributed by atoms with Crippen LogP contribution in [0.2, 0.25) is 0 Å². The number of guanidine groups is 1. The molecule has 3 nitrogen and oxygen atoms in total. The summed E-state index contributed by atoms with van der Waals surface area (Å²) in [5, 5.41) is 6.11. The minimum Gasteiger partial charge on any atom is -0.359 e. The molecule has 0 fully saturated rings. The maximum absolute atomic E-state index is 3.97. The van der Waals surface area contributed by atoms with Crippen molar-refractivity contribution in [3.05, 3.63) is 0 Å². The molecule has 0 saturated carbocycles. The fourth-order valence-electron chi connectivity index (χ4n) is 0.663. The zero-order chi connectivity index (χ0) is 7.82. The van der Waals surface area contributed by atoms with E-state index < -0.39 is 0 Å². The van der Waals surface area contributed by atoms with Gasteiger partial charge in [-0.25, -0.2) is 0 Å². The molecule has 0 bridgehead atoms. The first kappa shape index (κ1) is 9.27. The monoisotopic (exact) mass is 143 g/mol. The molecule has 0 aromatic rings. The summed E-state index contributed by atoms with van der Waals surface area (Å²) >= 11 is 0. The van der Waals surface area contributed by atoms with Gasteiger partial charge in [0.2, 0.25) is 0 Å². The number of hydrogen-bond acceptors (Lipinski definition) is 1. The molecule has 3 heteroatoms. The molecule has 0 aromatic carbocycles. The van der Waals surface area contributed by atoms with Crippen LogP contribution in [0.25, 0.3) is 0 Å². The minimum absolute atomic E-state index is 0.869. The Hall–Kier alpha value is -0.730. The van der Waals surface area contributed by atoms with Gasteiger partial charge in [0.05, 0.1) is 0 Å². The van der Waals surface area contributed by atoms with Crippen molar-refractivity contribution in [2.75, 3.05) is 20.6 Å². The molecule has 2 N–H and O–H groups in total. The van der Waals surface area contributed by atoms with Crippen molar-refractivity contribution in [3.63, 3.8) is 0 Å². The zero-order valence-corrected chi connectivity index (χ0v) is 7.07. The first-order valence-corrected chi connectivity index (χ1v) is 3.73. The largest absolute Gasteiger partial charge is 0.359 e. The Morgan fingerprint density at radius 3 is 2.60 bits per heavy atom. The molecule has 0 spiro atoms. The molecule has 0 aliphatic carbocycles. The van der Waals surface area contributed by atoms with Crippen LogP contribution in [0.1, 0.15) is 19.8 Å². The topological polar surface area (TPSA) is 36.4 Å². The Bertz CT molecular complexity index is 99.0. The van der Waals surface area contributed by atoms with E-state index in [9.17, 15) is 0 Å². The van der Waals surface area contributed by atoms with Crippen molar-refractivity contribution in [1.29, 1.82) is 0 Å². The molecule has 0 heterocycles. The first-order chi connectivity index (χ1) is 4.85. The minimum atomic E-state index is 0.869. The van der Waals surface area contributed by atoms with Crippen molar-refractivity contribution in [1.82, 2.24) is 10.6 Å². The molecule has 60 valence electrons. The van der Waals surface area contributed by atoms with Crippen LogP contribution in [-0.4, -0.2) is 26.6 Å². The van der Waals surface area contributed by atoms with Gasteiger partial charge in [0.15, 0.2) is 5.96 Å². The molecule has 0 amide bonds. The van der Waals surface area contributed by atoms with Crippen molar-refractivity contribution in [2.45, 2.75) is 19.8 Å². The Morgan fingerprint density at radius 2 is 2.20 bits per heavy atom. The molecule has 0 radical (unpaired) electrons. The Balaban J connectivity index is 3.27. The molecule has 0 aromatic heterocycles. The van der Waals surface area contributed by atoms with Crippen LogP contribution in [0.15, 0.2) is 4.99 Å². The maximum Gasteiger partial charge on any atom is 0.190 e. The second kappa shape index (κ2) is 6.39. The van der Waals surface area contributed by atoms with Gasteiger partial charge < -0.3 is 10.6 Å². The van der Waals surface area contributed by atoms with Crippen molar-refractivity contribution < 1.29 is 0 Å². The molecule has 0 aliphatic rings. The predicted molar refractivity (Wildman–Crippen MR) is 45.3 cm³/mol. The molecule has 0 atom stereocenters. The van der Waals surface area contributed by atoms with Gasteiger partial charge in [-0.05, 0) is 6.42 Å². The van der Waals surface area contributed by atoms with Crippen LogP contribution in [-0.2, 0) is 0 Å². The van der Waals surface area contributed by atoms with Crippen LogP contribution in [0.3, 0.4) is 0 Å². The van der Waals surface area contributed by atoms with Crippen LogP contribution in [0.4, 0.5) is 0 Å². The number of hydrogen-bond donors (Lipinski definition) is 2. The first-order valence-electron chi connectivity index (χ1n) is 3.73. The standard InChI is InChI=1S/C7H17N3/c1-4-5-6-10-7(8-2)9-3/h4-6H2,1-3H3,(H2,8,9,10). The van der Waals surface area contributed by atoms with Gasteiger partial charge in [-0.2, -0.15) is 0 Å². The SMILES string of the molecule is CCCCNC(=NC)NC. The summed E-state index contributed by atoms with van der Waals surface area (Å²) in [4.78, 5) is 3.97. The summed E-state index contributed by atoms with van der Waals surface area (Å²) < 4.78 is 0. The Morgan fingerprint density at radius 1 is 1.50 bits per heavy atom. The van der Waals surface area contributed by atoms with Crippen LogP contribution in [0.5, 0.6) is 0 Å². The van der Waals surface area contributed by atoms with Gasteiger partial charge in [-0.1, -0.05) is 13.3 Å². The third-order valence-corrected chi connectivity index (χ3v) is 1.28. The van der Waals surface area contributed by atoms with E-state index in [1.807, 2.05) is 7.05 Å². The molecule has 0 aliphatic heterocycles. The summed E-state index contributed by atoms with van der Waals surface area (Å²) in [6.45, 7) is 3.17. The quantitative estimate of drug-likeness (QED) is 0.344. The van der Waals surface area contributed by atoms with Gasteiger partial charge >= 0.3 is 0 Å². The normalized spacial score (nSPS) is 11.3. The van der Waals surface area contributed by atoms with Gasteiger partial charge in [0, 0.05) is 20.6 Å². The molecular weight excluding hydrogens is 126 g/mol. The number of rotatable bonds is 3. The maximum atomic E-state index is 3.97. The summed E-state index contributed by atoms with van der Waals surface area (Å²) in [6, 6.07) is 0. The molecule has 0 rings (SSSR count). The van der Waals surface area contributed by atoms with E-state index in [2.05, 4.69) is 22.5 Å². The van der Waals surface area contributed by atoms with Crippen molar-refractivity contribution >= 4 is 5.96 Å². The molecule has 0 saturated heterocycles. The fourth-order valence-corrected chi connectivity index (χ4v) is 0.663. The van der Waals surface area contributed by atoms with Crippen molar-refractivity contribution in [3.8, 4) is 0 Å². The number of unbranched alkanes of at least 4 members (excludes halogenated alkanes) is 1. The summed E-state index contributed by atoms with van der Waals surface area (Å²) in [5.41, 5.74) is 0. The smallest absolute Gasteiger partial charge is 0.190 e. The summed E-state index contributed by atoms with van der Waals surface area (Å²) in [5.74, 6) is 0.869. The van der Waals surface area contributed by atoms with E-state index in [-0.39, 0.29) is 0 Å².